The molecule has 0 radical (unpaired) electrons. The molecule has 134 valence electrons. The molecule has 1 unspecified atom stereocenters. The van der Waals surface area contributed by atoms with Crippen LogP contribution in [0.25, 0.3) is 0 Å². The molecule has 2 aromatic carbocycles. The first-order valence-electron chi connectivity index (χ1n) is 8.66. The summed E-state index contributed by atoms with van der Waals surface area (Å²) in [5, 5.41) is 10.2. The third-order valence-corrected chi connectivity index (χ3v) is 4.17. The van der Waals surface area contributed by atoms with Gasteiger partial charge in [-0.15, -0.1) is 0 Å². The Morgan fingerprint density at radius 3 is 2.36 bits per heavy atom. The molecule has 0 aliphatic carbocycles. The van der Waals surface area contributed by atoms with Gasteiger partial charge in [-0.1, -0.05) is 30.3 Å². The first-order valence-corrected chi connectivity index (χ1v) is 8.66. The van der Waals surface area contributed by atoms with Gasteiger partial charge in [-0.2, -0.15) is 0 Å². The van der Waals surface area contributed by atoms with Crippen LogP contribution in [0.5, 0.6) is 17.2 Å². The quantitative estimate of drug-likeness (QED) is 0.838. The number of aliphatic hydroxyl groups excluding tert-OH is 1. The summed E-state index contributed by atoms with van der Waals surface area (Å²) in [4.78, 5) is 2.19. The highest BCUT2D eigenvalue weighted by molar-refractivity contribution is 5.44. The number of β-amino-alcohol motifs (C(OH)–C–C–N with tert-alkyl or cyclic N) is 1. The summed E-state index contributed by atoms with van der Waals surface area (Å²) in [6, 6.07) is 15.4. The Kier molecular flexibility index (Phi) is 6.28. The molecule has 1 aliphatic heterocycles. The second-order valence-corrected chi connectivity index (χ2v) is 6.19. The molecule has 1 atom stereocenters. The number of hydrogen-bond donors (Lipinski definition) is 1. The lowest BCUT2D eigenvalue weighted by molar-refractivity contribution is 0.00449. The van der Waals surface area contributed by atoms with Gasteiger partial charge in [0.05, 0.1) is 13.2 Å². The van der Waals surface area contributed by atoms with Gasteiger partial charge in [0.2, 0.25) is 0 Å². The van der Waals surface area contributed by atoms with Gasteiger partial charge < -0.3 is 19.3 Å². The average molecular weight is 343 g/mol. The van der Waals surface area contributed by atoms with Crippen LogP contribution in [-0.4, -0.2) is 55.6 Å². The predicted octanol–water partition coefficient (Wildman–Crippen LogP) is 2.86. The highest BCUT2D eigenvalue weighted by Gasteiger charge is 2.16. The van der Waals surface area contributed by atoms with Crippen molar-refractivity contribution in [2.45, 2.75) is 13.0 Å². The van der Waals surface area contributed by atoms with Gasteiger partial charge in [0.15, 0.2) is 11.5 Å². The Morgan fingerprint density at radius 1 is 1.00 bits per heavy atom. The molecular weight excluding hydrogens is 318 g/mol. The summed E-state index contributed by atoms with van der Waals surface area (Å²) in [5.41, 5.74) is 1.06. The monoisotopic (exact) mass is 343 g/mol. The van der Waals surface area contributed by atoms with E-state index in [2.05, 4.69) is 4.90 Å². The van der Waals surface area contributed by atoms with Crippen LogP contribution in [0.4, 0.5) is 0 Å². The van der Waals surface area contributed by atoms with E-state index in [1.165, 1.54) is 0 Å². The molecule has 5 heteroatoms. The van der Waals surface area contributed by atoms with Crippen molar-refractivity contribution in [1.29, 1.82) is 0 Å². The predicted molar refractivity (Wildman–Crippen MR) is 96.5 cm³/mol. The van der Waals surface area contributed by atoms with E-state index in [1.54, 1.807) is 0 Å². The van der Waals surface area contributed by atoms with Gasteiger partial charge in [0, 0.05) is 19.6 Å². The van der Waals surface area contributed by atoms with Gasteiger partial charge >= 0.3 is 0 Å². The highest BCUT2D eigenvalue weighted by atomic mass is 16.5. The Balaban J connectivity index is 1.58. The van der Waals surface area contributed by atoms with E-state index in [1.807, 2.05) is 55.5 Å². The molecule has 5 nitrogen and oxygen atoms in total. The number of morpholine rings is 1. The molecule has 0 bridgehead atoms. The molecule has 0 spiro atoms. The average Bonchev–Trinajstić information content (AvgIpc) is 2.64. The van der Waals surface area contributed by atoms with Crippen LogP contribution in [-0.2, 0) is 4.74 Å². The van der Waals surface area contributed by atoms with Crippen molar-refractivity contribution in [1.82, 2.24) is 4.90 Å². The topological polar surface area (TPSA) is 51.2 Å². The Hall–Kier alpha value is -2.08. The fourth-order valence-electron chi connectivity index (χ4n) is 2.76. The highest BCUT2D eigenvalue weighted by Crippen LogP contribution is 2.32. The summed E-state index contributed by atoms with van der Waals surface area (Å²) in [5.74, 6) is 2.08. The molecule has 2 aromatic rings. The minimum absolute atomic E-state index is 0.228. The van der Waals surface area contributed by atoms with E-state index in [0.717, 1.165) is 37.6 Å². The third-order valence-electron chi connectivity index (χ3n) is 4.17. The van der Waals surface area contributed by atoms with Crippen molar-refractivity contribution in [2.24, 2.45) is 0 Å². The van der Waals surface area contributed by atoms with E-state index in [-0.39, 0.29) is 6.61 Å². The fourth-order valence-corrected chi connectivity index (χ4v) is 2.76. The molecule has 25 heavy (non-hydrogen) atoms. The van der Waals surface area contributed by atoms with E-state index < -0.39 is 6.10 Å². The summed E-state index contributed by atoms with van der Waals surface area (Å²) < 4.78 is 17.1. The van der Waals surface area contributed by atoms with Crippen molar-refractivity contribution >= 4 is 0 Å². The van der Waals surface area contributed by atoms with Crippen molar-refractivity contribution < 1.29 is 19.3 Å². The number of benzene rings is 2. The lowest BCUT2D eigenvalue weighted by atomic mass is 10.2. The zero-order chi connectivity index (χ0) is 17.5. The van der Waals surface area contributed by atoms with Crippen molar-refractivity contribution in [3.05, 3.63) is 54.1 Å². The lowest BCUT2D eigenvalue weighted by Crippen LogP contribution is -2.42. The molecule has 3 rings (SSSR count). The lowest BCUT2D eigenvalue weighted by Gasteiger charge is -2.28. The first-order chi connectivity index (χ1) is 12.2. The van der Waals surface area contributed by atoms with Gasteiger partial charge in [-0.25, -0.2) is 0 Å². The molecular formula is C20H25NO4. The number of rotatable bonds is 7. The normalized spacial score (nSPS) is 16.4. The molecule has 0 amide bonds. The SMILES string of the molecule is Cc1ccccc1Oc1ccccc1OCC(O)CN1CCOCC1. The van der Waals surface area contributed by atoms with Crippen LogP contribution < -0.4 is 9.47 Å². The van der Waals surface area contributed by atoms with E-state index >= 15 is 0 Å². The molecule has 1 aliphatic rings. The van der Waals surface area contributed by atoms with Crippen molar-refractivity contribution in [3.63, 3.8) is 0 Å². The zero-order valence-corrected chi connectivity index (χ0v) is 14.6. The number of hydrogen-bond acceptors (Lipinski definition) is 5. The molecule has 0 saturated carbocycles. The number of aryl methyl sites for hydroxylation is 1. The standard InChI is InChI=1S/C20H25NO4/c1-16-6-2-3-7-18(16)25-20-9-5-4-8-19(20)24-15-17(22)14-21-10-12-23-13-11-21/h2-9,17,22H,10-15H2,1H3. The van der Waals surface area contributed by atoms with Crippen molar-refractivity contribution in [2.75, 3.05) is 39.5 Å². The number of ether oxygens (including phenoxy) is 3. The smallest absolute Gasteiger partial charge is 0.169 e. The second kappa shape index (κ2) is 8.85. The second-order valence-electron chi connectivity index (χ2n) is 6.19. The zero-order valence-electron chi connectivity index (χ0n) is 14.6. The van der Waals surface area contributed by atoms with E-state index in [4.69, 9.17) is 14.2 Å². The largest absolute Gasteiger partial charge is 0.487 e. The van der Waals surface area contributed by atoms with Crippen LogP contribution in [0, 0.1) is 6.92 Å². The summed E-state index contributed by atoms with van der Waals surface area (Å²) in [6.07, 6.45) is -0.551. The molecule has 1 saturated heterocycles. The molecule has 1 N–H and O–H groups in total. The van der Waals surface area contributed by atoms with Gasteiger partial charge in [0.1, 0.15) is 18.5 Å². The van der Waals surface area contributed by atoms with E-state index in [0.29, 0.717) is 18.0 Å². The van der Waals surface area contributed by atoms with E-state index in [9.17, 15) is 5.11 Å². The Bertz CT molecular complexity index is 670. The van der Waals surface area contributed by atoms with Crippen molar-refractivity contribution in [3.8, 4) is 17.2 Å². The minimum atomic E-state index is -0.551. The number of aliphatic hydroxyl groups is 1. The maximum atomic E-state index is 10.2. The summed E-state index contributed by atoms with van der Waals surface area (Å²) >= 11 is 0. The first kappa shape index (κ1) is 17.7. The van der Waals surface area contributed by atoms with Crippen LogP contribution in [0.3, 0.4) is 0 Å². The summed E-state index contributed by atoms with van der Waals surface area (Å²) in [6.45, 7) is 5.97. The number of para-hydroxylation sites is 3. The van der Waals surface area contributed by atoms with Gasteiger partial charge in [0.25, 0.3) is 0 Å². The van der Waals surface area contributed by atoms with Crippen LogP contribution >= 0.6 is 0 Å². The van der Waals surface area contributed by atoms with Gasteiger partial charge in [-0.3, -0.25) is 4.90 Å². The van der Waals surface area contributed by atoms with Gasteiger partial charge in [-0.05, 0) is 30.7 Å². The maximum Gasteiger partial charge on any atom is 0.169 e. The Morgan fingerprint density at radius 2 is 1.64 bits per heavy atom. The Labute approximate surface area is 148 Å². The maximum absolute atomic E-state index is 10.2. The number of nitrogens with zero attached hydrogens (tertiary/aromatic N) is 1. The van der Waals surface area contributed by atoms with Crippen LogP contribution in [0.1, 0.15) is 5.56 Å². The van der Waals surface area contributed by atoms with Crippen LogP contribution in [0.2, 0.25) is 0 Å². The summed E-state index contributed by atoms with van der Waals surface area (Å²) in [7, 11) is 0. The molecule has 1 fully saturated rings. The molecule has 0 aromatic heterocycles. The third kappa shape index (κ3) is 5.19. The minimum Gasteiger partial charge on any atom is -0.487 e. The molecule has 1 heterocycles. The fraction of sp³-hybridized carbons (Fsp3) is 0.400. The van der Waals surface area contributed by atoms with Crippen LogP contribution in [0.15, 0.2) is 48.5 Å².